The van der Waals surface area contributed by atoms with E-state index in [1.165, 1.54) is 9.87 Å². The van der Waals surface area contributed by atoms with Crippen LogP contribution in [0.5, 0.6) is 0 Å². The monoisotopic (exact) mass is 441 g/mol. The molecule has 2 aliphatic rings. The maximum atomic E-state index is 13.0. The van der Waals surface area contributed by atoms with E-state index in [9.17, 15) is 13.2 Å². The topological polar surface area (TPSA) is 60.9 Å². The van der Waals surface area contributed by atoms with Gasteiger partial charge in [0.15, 0.2) is 0 Å². The lowest BCUT2D eigenvalue weighted by molar-refractivity contribution is 0.0518. The number of carbonyl (C=O) groups is 1. The van der Waals surface area contributed by atoms with E-state index in [1.807, 2.05) is 11.0 Å². The predicted molar refractivity (Wildman–Crippen MR) is 122 cm³/mol. The molecular formula is C24H31N3O3S. The van der Waals surface area contributed by atoms with Crippen molar-refractivity contribution in [3.05, 3.63) is 65.7 Å². The molecule has 2 saturated heterocycles. The third-order valence-corrected chi connectivity index (χ3v) is 8.30. The Kier molecular flexibility index (Phi) is 6.74. The van der Waals surface area contributed by atoms with Gasteiger partial charge in [0.1, 0.15) is 0 Å². The molecule has 166 valence electrons. The lowest BCUT2D eigenvalue weighted by Gasteiger charge is -2.40. The summed E-state index contributed by atoms with van der Waals surface area (Å²) >= 11 is 0. The first kappa shape index (κ1) is 22.0. The van der Waals surface area contributed by atoms with E-state index in [1.54, 1.807) is 24.3 Å². The molecule has 1 amide bonds. The molecule has 2 fully saturated rings. The van der Waals surface area contributed by atoms with Crippen LogP contribution >= 0.6 is 0 Å². The van der Waals surface area contributed by atoms with Crippen LogP contribution in [-0.2, 0) is 16.4 Å². The third kappa shape index (κ3) is 5.00. The lowest BCUT2D eigenvalue weighted by atomic mass is 10.1. The quantitative estimate of drug-likeness (QED) is 0.692. The highest BCUT2D eigenvalue weighted by molar-refractivity contribution is 7.89. The lowest BCUT2D eigenvalue weighted by Crippen LogP contribution is -2.54. The number of hydrogen-bond donors (Lipinski definition) is 0. The molecule has 0 bridgehead atoms. The number of amides is 1. The summed E-state index contributed by atoms with van der Waals surface area (Å²) in [6.45, 7) is 6.52. The van der Waals surface area contributed by atoms with Crippen molar-refractivity contribution in [3.8, 4) is 0 Å². The summed E-state index contributed by atoms with van der Waals surface area (Å²) in [5.74, 6) is -0.0281. The minimum Gasteiger partial charge on any atom is -0.336 e. The summed E-state index contributed by atoms with van der Waals surface area (Å²) in [5.41, 5.74) is 1.88. The molecule has 1 unspecified atom stereocenters. The molecule has 2 aliphatic heterocycles. The van der Waals surface area contributed by atoms with Crippen LogP contribution in [0.25, 0.3) is 0 Å². The predicted octanol–water partition coefficient (Wildman–Crippen LogP) is 2.86. The van der Waals surface area contributed by atoms with E-state index in [2.05, 4.69) is 36.1 Å². The molecule has 1 atom stereocenters. The van der Waals surface area contributed by atoms with E-state index in [0.29, 0.717) is 31.7 Å². The normalized spacial score (nSPS) is 20.8. The Balaban J connectivity index is 1.34. The number of benzene rings is 2. The van der Waals surface area contributed by atoms with Crippen molar-refractivity contribution in [2.75, 3.05) is 39.3 Å². The minimum atomic E-state index is -3.45. The summed E-state index contributed by atoms with van der Waals surface area (Å²) in [6, 6.07) is 17.2. The van der Waals surface area contributed by atoms with Gasteiger partial charge >= 0.3 is 0 Å². The van der Waals surface area contributed by atoms with Crippen molar-refractivity contribution in [2.24, 2.45) is 0 Å². The highest BCUT2D eigenvalue weighted by atomic mass is 32.2. The van der Waals surface area contributed by atoms with Gasteiger partial charge in [0.05, 0.1) is 4.90 Å². The minimum absolute atomic E-state index is 0.0281. The maximum Gasteiger partial charge on any atom is 0.253 e. The first-order chi connectivity index (χ1) is 14.9. The zero-order valence-corrected chi connectivity index (χ0v) is 18.9. The number of piperazine rings is 1. The molecule has 0 radical (unpaired) electrons. The SMILES string of the molecule is CC1CN(C(=O)c2ccc(S(=O)(=O)N3CCCC3)cc2)CCN1CCc1ccccc1. The van der Waals surface area contributed by atoms with Gasteiger partial charge in [-0.05, 0) is 56.0 Å². The smallest absolute Gasteiger partial charge is 0.253 e. The molecule has 0 N–H and O–H groups in total. The maximum absolute atomic E-state index is 13.0. The van der Waals surface area contributed by atoms with Gasteiger partial charge < -0.3 is 4.90 Å². The van der Waals surface area contributed by atoms with Crippen LogP contribution < -0.4 is 0 Å². The van der Waals surface area contributed by atoms with E-state index < -0.39 is 10.0 Å². The average Bonchev–Trinajstić information content (AvgIpc) is 3.34. The Labute approximate surface area is 185 Å². The van der Waals surface area contributed by atoms with Crippen LogP contribution in [-0.4, -0.2) is 73.7 Å². The first-order valence-corrected chi connectivity index (χ1v) is 12.6. The molecule has 4 rings (SSSR count). The number of sulfonamides is 1. The molecule has 31 heavy (non-hydrogen) atoms. The van der Waals surface area contributed by atoms with Crippen molar-refractivity contribution >= 4 is 15.9 Å². The molecule has 2 aromatic rings. The van der Waals surface area contributed by atoms with Gasteiger partial charge in [-0.2, -0.15) is 4.31 Å². The zero-order valence-electron chi connectivity index (χ0n) is 18.1. The molecule has 2 heterocycles. The van der Waals surface area contributed by atoms with E-state index in [-0.39, 0.29) is 16.8 Å². The molecule has 0 aromatic heterocycles. The molecule has 0 aliphatic carbocycles. The summed E-state index contributed by atoms with van der Waals surface area (Å²) in [4.78, 5) is 17.6. The fourth-order valence-electron chi connectivity index (χ4n) is 4.46. The standard InChI is InChI=1S/C24H31N3O3S/c1-20-19-26(18-17-25(20)16-13-21-7-3-2-4-8-21)24(28)22-9-11-23(12-10-22)31(29,30)27-14-5-6-15-27/h2-4,7-12,20H,5-6,13-19H2,1H3. The number of hydrogen-bond acceptors (Lipinski definition) is 4. The third-order valence-electron chi connectivity index (χ3n) is 6.39. The van der Waals surface area contributed by atoms with Gasteiger partial charge in [0.25, 0.3) is 5.91 Å². The fraction of sp³-hybridized carbons (Fsp3) is 0.458. The largest absolute Gasteiger partial charge is 0.336 e. The molecular weight excluding hydrogens is 410 g/mol. The second-order valence-corrected chi connectivity index (χ2v) is 10.4. The Bertz CT molecular complexity index is 986. The van der Waals surface area contributed by atoms with E-state index >= 15 is 0 Å². The fourth-order valence-corrected chi connectivity index (χ4v) is 5.98. The number of nitrogens with zero attached hydrogens (tertiary/aromatic N) is 3. The van der Waals surface area contributed by atoms with Crippen LogP contribution in [0, 0.1) is 0 Å². The Morgan fingerprint density at radius 1 is 0.935 bits per heavy atom. The van der Waals surface area contributed by atoms with Crippen molar-refractivity contribution in [1.29, 1.82) is 0 Å². The first-order valence-electron chi connectivity index (χ1n) is 11.1. The van der Waals surface area contributed by atoms with Crippen LogP contribution in [0.3, 0.4) is 0 Å². The molecule has 7 heteroatoms. The molecule has 2 aromatic carbocycles. The Hall–Kier alpha value is -2.22. The molecule has 0 saturated carbocycles. The van der Waals surface area contributed by atoms with Crippen LogP contribution in [0.4, 0.5) is 0 Å². The summed E-state index contributed by atoms with van der Waals surface area (Å²) in [6.07, 6.45) is 2.82. The van der Waals surface area contributed by atoms with E-state index in [0.717, 1.165) is 32.4 Å². The number of carbonyl (C=O) groups excluding carboxylic acids is 1. The highest BCUT2D eigenvalue weighted by Crippen LogP contribution is 2.22. The van der Waals surface area contributed by atoms with Gasteiger partial charge in [-0.3, -0.25) is 9.69 Å². The van der Waals surface area contributed by atoms with Crippen molar-refractivity contribution in [1.82, 2.24) is 14.1 Å². The van der Waals surface area contributed by atoms with Gasteiger partial charge in [-0.25, -0.2) is 8.42 Å². The summed E-state index contributed by atoms with van der Waals surface area (Å²) < 4.78 is 26.9. The van der Waals surface area contributed by atoms with Gasteiger partial charge in [-0.15, -0.1) is 0 Å². The number of rotatable bonds is 6. The van der Waals surface area contributed by atoms with Crippen LogP contribution in [0.15, 0.2) is 59.5 Å². The van der Waals surface area contributed by atoms with Crippen molar-refractivity contribution < 1.29 is 13.2 Å². The highest BCUT2D eigenvalue weighted by Gasteiger charge is 2.29. The summed E-state index contributed by atoms with van der Waals surface area (Å²) in [7, 11) is -3.45. The van der Waals surface area contributed by atoms with E-state index in [4.69, 9.17) is 0 Å². The van der Waals surface area contributed by atoms with Gasteiger partial charge in [0, 0.05) is 50.9 Å². The second-order valence-electron chi connectivity index (χ2n) is 8.51. The molecule has 0 spiro atoms. The van der Waals surface area contributed by atoms with Gasteiger partial charge in [-0.1, -0.05) is 30.3 Å². The van der Waals surface area contributed by atoms with Gasteiger partial charge in [0.2, 0.25) is 10.0 Å². The molecule has 6 nitrogen and oxygen atoms in total. The second kappa shape index (κ2) is 9.51. The zero-order chi connectivity index (χ0) is 21.8. The Morgan fingerprint density at radius 3 is 2.26 bits per heavy atom. The summed E-state index contributed by atoms with van der Waals surface area (Å²) in [5, 5.41) is 0. The Morgan fingerprint density at radius 2 is 1.61 bits per heavy atom. The average molecular weight is 442 g/mol. The van der Waals surface area contributed by atoms with Crippen molar-refractivity contribution in [2.45, 2.75) is 37.1 Å². The van der Waals surface area contributed by atoms with Crippen LogP contribution in [0.2, 0.25) is 0 Å². The van der Waals surface area contributed by atoms with Crippen LogP contribution in [0.1, 0.15) is 35.7 Å². The van der Waals surface area contributed by atoms with Crippen molar-refractivity contribution in [3.63, 3.8) is 0 Å².